The molecule has 0 bridgehead atoms. The smallest absolute Gasteiger partial charge is 0.0701 e. The standard InChI is InChI=1S/C12H23NO3S/c1-3-11-17-12-5-13-4-6-15-9-10-16-8-7-14-2/h1,13H,4-12H2,2H3. The van der Waals surface area contributed by atoms with Crippen LogP contribution in [0.5, 0.6) is 0 Å². The molecule has 0 fully saturated rings. The lowest BCUT2D eigenvalue weighted by atomic mass is 10.6. The molecule has 0 aromatic heterocycles. The van der Waals surface area contributed by atoms with Gasteiger partial charge in [0.25, 0.3) is 0 Å². The van der Waals surface area contributed by atoms with Crippen molar-refractivity contribution >= 4 is 11.8 Å². The van der Waals surface area contributed by atoms with Gasteiger partial charge in [-0.3, -0.25) is 0 Å². The lowest BCUT2D eigenvalue weighted by molar-refractivity contribution is 0.0256. The highest BCUT2D eigenvalue weighted by atomic mass is 32.2. The molecule has 0 aliphatic rings. The predicted molar refractivity (Wildman–Crippen MR) is 72.5 cm³/mol. The van der Waals surface area contributed by atoms with Gasteiger partial charge in [0, 0.05) is 26.0 Å². The molecule has 0 radical (unpaired) electrons. The van der Waals surface area contributed by atoms with E-state index in [1.54, 1.807) is 18.9 Å². The molecule has 1 N–H and O–H groups in total. The van der Waals surface area contributed by atoms with E-state index in [1.165, 1.54) is 0 Å². The van der Waals surface area contributed by atoms with E-state index in [9.17, 15) is 0 Å². The van der Waals surface area contributed by atoms with Crippen LogP contribution in [-0.2, 0) is 14.2 Å². The van der Waals surface area contributed by atoms with Gasteiger partial charge < -0.3 is 19.5 Å². The van der Waals surface area contributed by atoms with Crippen LogP contribution in [0.15, 0.2) is 0 Å². The maximum atomic E-state index is 5.37. The van der Waals surface area contributed by atoms with E-state index < -0.39 is 0 Å². The molecule has 0 aliphatic carbocycles. The van der Waals surface area contributed by atoms with Crippen molar-refractivity contribution in [3.05, 3.63) is 0 Å². The lowest BCUT2D eigenvalue weighted by Crippen LogP contribution is -2.23. The number of nitrogens with one attached hydrogen (secondary N) is 1. The Morgan fingerprint density at radius 1 is 1.06 bits per heavy atom. The van der Waals surface area contributed by atoms with Crippen molar-refractivity contribution in [1.29, 1.82) is 0 Å². The molecule has 0 heterocycles. The first-order valence-electron chi connectivity index (χ1n) is 5.78. The molecule has 17 heavy (non-hydrogen) atoms. The van der Waals surface area contributed by atoms with Gasteiger partial charge in [0.15, 0.2) is 0 Å². The van der Waals surface area contributed by atoms with Crippen LogP contribution in [0.1, 0.15) is 0 Å². The first-order valence-corrected chi connectivity index (χ1v) is 6.93. The maximum absolute atomic E-state index is 5.37. The largest absolute Gasteiger partial charge is 0.382 e. The van der Waals surface area contributed by atoms with Gasteiger partial charge in [-0.15, -0.1) is 18.2 Å². The highest BCUT2D eigenvalue weighted by Crippen LogP contribution is 1.94. The quantitative estimate of drug-likeness (QED) is 0.389. The van der Waals surface area contributed by atoms with Crippen molar-refractivity contribution in [3.8, 4) is 12.3 Å². The van der Waals surface area contributed by atoms with E-state index in [2.05, 4.69) is 11.2 Å². The summed E-state index contributed by atoms with van der Waals surface area (Å²) in [4.78, 5) is 0. The van der Waals surface area contributed by atoms with Gasteiger partial charge in [-0.05, 0) is 0 Å². The summed E-state index contributed by atoms with van der Waals surface area (Å²) in [6.45, 7) is 5.09. The van der Waals surface area contributed by atoms with E-state index in [1.807, 2.05) is 0 Å². The van der Waals surface area contributed by atoms with Crippen molar-refractivity contribution in [1.82, 2.24) is 5.32 Å². The fourth-order valence-corrected chi connectivity index (χ4v) is 1.56. The van der Waals surface area contributed by atoms with Gasteiger partial charge in [0.1, 0.15) is 0 Å². The third-order valence-corrected chi connectivity index (χ3v) is 2.70. The van der Waals surface area contributed by atoms with Gasteiger partial charge >= 0.3 is 0 Å². The van der Waals surface area contributed by atoms with Crippen LogP contribution >= 0.6 is 11.8 Å². The summed E-state index contributed by atoms with van der Waals surface area (Å²) in [6.07, 6.45) is 5.14. The van der Waals surface area contributed by atoms with Crippen molar-refractivity contribution in [3.63, 3.8) is 0 Å². The third kappa shape index (κ3) is 15.8. The number of ether oxygens (including phenoxy) is 3. The normalized spacial score (nSPS) is 10.4. The summed E-state index contributed by atoms with van der Waals surface area (Å²) in [5, 5.41) is 3.28. The van der Waals surface area contributed by atoms with Gasteiger partial charge in [-0.1, -0.05) is 5.92 Å². The van der Waals surface area contributed by atoms with E-state index in [0.717, 1.165) is 24.6 Å². The van der Waals surface area contributed by atoms with E-state index in [0.29, 0.717) is 33.0 Å². The molecule has 0 amide bonds. The van der Waals surface area contributed by atoms with Crippen LogP contribution in [0.4, 0.5) is 0 Å². The van der Waals surface area contributed by atoms with Gasteiger partial charge in [0.05, 0.1) is 38.8 Å². The van der Waals surface area contributed by atoms with Gasteiger partial charge in [-0.25, -0.2) is 0 Å². The average Bonchev–Trinajstić information content (AvgIpc) is 2.35. The minimum atomic E-state index is 0.626. The highest BCUT2D eigenvalue weighted by molar-refractivity contribution is 7.99. The highest BCUT2D eigenvalue weighted by Gasteiger charge is 1.91. The average molecular weight is 261 g/mol. The first kappa shape index (κ1) is 16.8. The second-order valence-corrected chi connectivity index (χ2v) is 4.33. The number of rotatable bonds is 13. The molecule has 100 valence electrons. The Hall–Kier alpha value is -0.250. The van der Waals surface area contributed by atoms with E-state index in [4.69, 9.17) is 20.6 Å². The number of hydrogen-bond donors (Lipinski definition) is 1. The van der Waals surface area contributed by atoms with Crippen molar-refractivity contribution in [2.45, 2.75) is 0 Å². The molecule has 5 heteroatoms. The van der Waals surface area contributed by atoms with Gasteiger partial charge in [-0.2, -0.15) is 0 Å². The molecule has 0 rings (SSSR count). The van der Waals surface area contributed by atoms with Crippen LogP contribution in [0.3, 0.4) is 0 Å². The number of thioether (sulfide) groups is 1. The number of terminal acetylenes is 1. The van der Waals surface area contributed by atoms with E-state index >= 15 is 0 Å². The summed E-state index contributed by atoms with van der Waals surface area (Å²) in [5.74, 6) is 4.43. The summed E-state index contributed by atoms with van der Waals surface area (Å²) in [6, 6.07) is 0. The van der Waals surface area contributed by atoms with Crippen LogP contribution in [0.25, 0.3) is 0 Å². The number of methoxy groups -OCH3 is 1. The Morgan fingerprint density at radius 3 is 2.47 bits per heavy atom. The molecule has 0 saturated heterocycles. The zero-order chi connectivity index (χ0) is 12.6. The third-order valence-electron chi connectivity index (χ3n) is 1.84. The van der Waals surface area contributed by atoms with Crippen LogP contribution in [0, 0.1) is 12.3 Å². The van der Waals surface area contributed by atoms with Crippen LogP contribution in [-0.4, -0.2) is 64.7 Å². The zero-order valence-electron chi connectivity index (χ0n) is 10.6. The lowest BCUT2D eigenvalue weighted by Gasteiger charge is -2.06. The summed E-state index contributed by atoms with van der Waals surface area (Å²) in [5.41, 5.74) is 0. The van der Waals surface area contributed by atoms with Crippen molar-refractivity contribution < 1.29 is 14.2 Å². The van der Waals surface area contributed by atoms with Gasteiger partial charge in [0.2, 0.25) is 0 Å². The maximum Gasteiger partial charge on any atom is 0.0701 e. The first-order chi connectivity index (χ1) is 8.41. The summed E-state index contributed by atoms with van der Waals surface area (Å²) in [7, 11) is 1.66. The van der Waals surface area contributed by atoms with Crippen LogP contribution in [0.2, 0.25) is 0 Å². The molecule has 0 saturated carbocycles. The number of hydrogen-bond acceptors (Lipinski definition) is 5. The topological polar surface area (TPSA) is 39.7 Å². The molecule has 4 nitrogen and oxygen atoms in total. The summed E-state index contributed by atoms with van der Waals surface area (Å²) >= 11 is 1.76. The Bertz CT molecular complexity index is 185. The minimum Gasteiger partial charge on any atom is -0.382 e. The molecule has 0 atom stereocenters. The Labute approximate surface area is 109 Å². The fourth-order valence-electron chi connectivity index (χ4n) is 1.01. The molecular formula is C12H23NO3S. The Balaban J connectivity index is 2.87. The van der Waals surface area contributed by atoms with Crippen LogP contribution < -0.4 is 5.32 Å². The monoisotopic (exact) mass is 261 g/mol. The molecule has 0 aromatic carbocycles. The second-order valence-electron chi connectivity index (χ2n) is 3.22. The predicted octanol–water partition coefficient (Wildman–Crippen LogP) is 0.622. The second kappa shape index (κ2) is 15.8. The zero-order valence-corrected chi connectivity index (χ0v) is 11.4. The molecule has 0 unspecified atom stereocenters. The fraction of sp³-hybridized carbons (Fsp3) is 0.833. The Morgan fingerprint density at radius 2 is 1.76 bits per heavy atom. The SMILES string of the molecule is C#CCSCCNCCOCCOCCOC. The molecule has 0 aliphatic heterocycles. The molecule has 0 aromatic rings. The van der Waals surface area contributed by atoms with Crippen molar-refractivity contribution in [2.75, 3.05) is 64.7 Å². The minimum absolute atomic E-state index is 0.626. The van der Waals surface area contributed by atoms with Crippen molar-refractivity contribution in [2.24, 2.45) is 0 Å². The Kier molecular flexibility index (Phi) is 15.5. The molecular weight excluding hydrogens is 238 g/mol. The summed E-state index contributed by atoms with van der Waals surface area (Å²) < 4.78 is 15.5. The molecule has 0 spiro atoms. The van der Waals surface area contributed by atoms with E-state index in [-0.39, 0.29) is 0 Å².